The van der Waals surface area contributed by atoms with E-state index in [0.717, 1.165) is 32.1 Å². The first-order chi connectivity index (χ1) is 15.0. The van der Waals surface area contributed by atoms with Crippen LogP contribution in [0.3, 0.4) is 0 Å². The first kappa shape index (κ1) is 45.5. The van der Waals surface area contributed by atoms with Crippen LogP contribution in [0.5, 0.6) is 0 Å². The fraction of sp³-hybridized carbons (Fsp3) is 0.897. The van der Waals surface area contributed by atoms with Crippen molar-refractivity contribution in [1.29, 1.82) is 0 Å². The van der Waals surface area contributed by atoms with E-state index in [1.165, 1.54) is 89.9 Å². The van der Waals surface area contributed by atoms with E-state index in [9.17, 15) is 4.79 Å². The van der Waals surface area contributed by atoms with Gasteiger partial charge in [-0.3, -0.25) is 4.79 Å². The number of rotatable bonds is 22. The quantitative estimate of drug-likeness (QED) is 0.0742. The highest BCUT2D eigenvalue weighted by atomic mass is 32.1. The second-order valence-corrected chi connectivity index (χ2v) is 9.88. The Bertz CT molecular complexity index is 444. The van der Waals surface area contributed by atoms with Gasteiger partial charge in [0.25, 0.3) is 0 Å². The lowest BCUT2D eigenvalue weighted by atomic mass is 9.75. The average Bonchev–Trinajstić information content (AvgIpc) is 2.75. The maximum Gasteiger partial charge on any atom is 0.312 e. The lowest BCUT2D eigenvalue weighted by molar-refractivity contribution is -0.161. The minimum absolute atomic E-state index is 0. The molecular formula is C29H56O2S4. The molecule has 0 fully saturated rings. The van der Waals surface area contributed by atoms with Crippen LogP contribution < -0.4 is 0 Å². The van der Waals surface area contributed by atoms with Gasteiger partial charge in [-0.25, -0.2) is 0 Å². The van der Waals surface area contributed by atoms with Crippen molar-refractivity contribution in [3.63, 3.8) is 0 Å². The zero-order valence-corrected chi connectivity index (χ0v) is 26.9. The van der Waals surface area contributed by atoms with Crippen molar-refractivity contribution in [2.45, 2.75) is 163 Å². The molecule has 35 heavy (non-hydrogen) atoms. The molecule has 8 radical (unpaired) electrons. The van der Waals surface area contributed by atoms with Crippen LogP contribution in [0.15, 0.2) is 12.2 Å². The van der Waals surface area contributed by atoms with E-state index in [1.54, 1.807) is 0 Å². The molecule has 0 spiro atoms. The second-order valence-electron chi connectivity index (χ2n) is 9.88. The molecule has 0 aromatic heterocycles. The van der Waals surface area contributed by atoms with Crippen molar-refractivity contribution < 1.29 is 9.53 Å². The number of unbranched alkanes of at least 4 members (excludes halogenated alkanes) is 13. The standard InChI is InChI=1S/C29H56O2.4S/c1-6-9-11-13-14-15-16-17-18-19-20-21-22-24-26-29(8-3,25-23-12-10-7-2)28(30)31-27(4)5;;;;/h17-18,27H,6-16,19-26H2,1-5H3;;;;/b18-17-;;;;. The zero-order chi connectivity index (χ0) is 23.2. The van der Waals surface area contributed by atoms with E-state index < -0.39 is 0 Å². The van der Waals surface area contributed by atoms with Crippen LogP contribution in [0.4, 0.5) is 0 Å². The van der Waals surface area contributed by atoms with Crippen LogP contribution in [0.1, 0.15) is 157 Å². The highest BCUT2D eigenvalue weighted by Crippen LogP contribution is 2.37. The molecule has 0 aromatic rings. The van der Waals surface area contributed by atoms with Gasteiger partial charge in [0.15, 0.2) is 0 Å². The summed E-state index contributed by atoms with van der Waals surface area (Å²) < 4.78 is 5.69. The minimum atomic E-state index is -0.255. The van der Waals surface area contributed by atoms with Crippen molar-refractivity contribution in [2.24, 2.45) is 5.41 Å². The molecule has 1 atom stereocenters. The van der Waals surface area contributed by atoms with Gasteiger partial charge in [-0.1, -0.05) is 110 Å². The lowest BCUT2D eigenvalue weighted by Gasteiger charge is -2.31. The van der Waals surface area contributed by atoms with Gasteiger partial charge in [-0.15, -0.1) is 0 Å². The van der Waals surface area contributed by atoms with Gasteiger partial charge >= 0.3 is 5.97 Å². The molecule has 0 saturated carbocycles. The number of esters is 1. The Morgan fingerprint density at radius 3 is 1.40 bits per heavy atom. The third kappa shape index (κ3) is 26.0. The highest BCUT2D eigenvalue weighted by Gasteiger charge is 2.37. The second kappa shape index (κ2) is 32.6. The molecule has 0 saturated heterocycles. The molecule has 0 amide bonds. The molecule has 0 aliphatic carbocycles. The van der Waals surface area contributed by atoms with Crippen molar-refractivity contribution in [3.05, 3.63) is 12.2 Å². The first-order valence-electron chi connectivity index (χ1n) is 13.9. The molecule has 1 unspecified atom stereocenters. The third-order valence-corrected chi connectivity index (χ3v) is 6.63. The van der Waals surface area contributed by atoms with Crippen molar-refractivity contribution in [1.82, 2.24) is 0 Å². The molecule has 0 heterocycles. The molecule has 6 heteroatoms. The summed E-state index contributed by atoms with van der Waals surface area (Å²) in [6, 6.07) is 0. The van der Waals surface area contributed by atoms with Crippen LogP contribution in [0.2, 0.25) is 0 Å². The van der Waals surface area contributed by atoms with Gasteiger partial charge in [0.05, 0.1) is 11.5 Å². The summed E-state index contributed by atoms with van der Waals surface area (Å²) in [5, 5.41) is 0. The molecule has 0 aliphatic rings. The number of hydrogen-bond acceptors (Lipinski definition) is 2. The first-order valence-corrected chi connectivity index (χ1v) is 13.9. The number of hydrogen-bond donors (Lipinski definition) is 0. The third-order valence-electron chi connectivity index (χ3n) is 6.63. The number of carbonyl (C=O) groups excluding carboxylic acids is 1. The maximum absolute atomic E-state index is 12.9. The Labute approximate surface area is 248 Å². The molecule has 0 rings (SSSR count). The molecule has 208 valence electrons. The van der Waals surface area contributed by atoms with E-state index >= 15 is 0 Å². The Balaban J connectivity index is -0.000000750. The largest absolute Gasteiger partial charge is 0.463 e. The topological polar surface area (TPSA) is 26.3 Å². The van der Waals surface area contributed by atoms with E-state index in [0.29, 0.717) is 0 Å². The Morgan fingerprint density at radius 1 is 0.629 bits per heavy atom. The molecule has 0 bridgehead atoms. The predicted octanol–water partition coefficient (Wildman–Crippen LogP) is 12.5. The molecular weight excluding hydrogens is 509 g/mol. The monoisotopic (exact) mass is 564 g/mol. The van der Waals surface area contributed by atoms with Gasteiger partial charge in [-0.05, 0) is 58.8 Å². The minimum Gasteiger partial charge on any atom is -0.463 e. The number of ether oxygens (including phenoxy) is 1. The van der Waals surface area contributed by atoms with Crippen LogP contribution in [-0.2, 0) is 9.53 Å². The summed E-state index contributed by atoms with van der Waals surface area (Å²) in [6.07, 6.45) is 28.2. The Kier molecular flexibility index (Phi) is 42.5. The summed E-state index contributed by atoms with van der Waals surface area (Å²) in [6.45, 7) is 10.6. The Morgan fingerprint density at radius 2 is 1.00 bits per heavy atom. The fourth-order valence-corrected chi connectivity index (χ4v) is 4.41. The fourth-order valence-electron chi connectivity index (χ4n) is 4.41. The van der Waals surface area contributed by atoms with Crippen molar-refractivity contribution in [2.75, 3.05) is 0 Å². The molecule has 0 N–H and O–H groups in total. The van der Waals surface area contributed by atoms with Gasteiger partial charge in [-0.2, -0.15) is 0 Å². The average molecular weight is 565 g/mol. The summed E-state index contributed by atoms with van der Waals surface area (Å²) >= 11 is 0. The summed E-state index contributed by atoms with van der Waals surface area (Å²) in [4.78, 5) is 12.9. The SMILES string of the molecule is CCCCCCCC/C=C\CCCCCCC(CC)(CCCCCC)C(=O)OC(C)C.[S].[S].[S].[S]. The van der Waals surface area contributed by atoms with Gasteiger partial charge in [0, 0.05) is 54.0 Å². The summed E-state index contributed by atoms with van der Waals surface area (Å²) in [7, 11) is 0. The zero-order valence-electron chi connectivity index (χ0n) is 23.6. The van der Waals surface area contributed by atoms with Crippen LogP contribution in [0, 0.1) is 5.41 Å². The van der Waals surface area contributed by atoms with Crippen LogP contribution in [-0.4, -0.2) is 12.1 Å². The normalized spacial score (nSPS) is 12.2. The van der Waals surface area contributed by atoms with Crippen molar-refractivity contribution in [3.8, 4) is 0 Å². The van der Waals surface area contributed by atoms with Crippen LogP contribution in [0.25, 0.3) is 0 Å². The van der Waals surface area contributed by atoms with Crippen molar-refractivity contribution >= 4 is 60.0 Å². The van der Waals surface area contributed by atoms with E-state index in [1.807, 2.05) is 13.8 Å². The van der Waals surface area contributed by atoms with E-state index in [2.05, 4.69) is 32.9 Å². The maximum atomic E-state index is 12.9. The molecule has 0 aromatic carbocycles. The van der Waals surface area contributed by atoms with Gasteiger partial charge < -0.3 is 4.74 Å². The van der Waals surface area contributed by atoms with Gasteiger partial charge in [0.2, 0.25) is 0 Å². The number of carbonyl (C=O) groups is 1. The molecule has 0 aliphatic heterocycles. The van der Waals surface area contributed by atoms with E-state index in [4.69, 9.17) is 4.74 Å². The lowest BCUT2D eigenvalue weighted by Crippen LogP contribution is -2.34. The summed E-state index contributed by atoms with van der Waals surface area (Å²) in [5.41, 5.74) is -0.255. The van der Waals surface area contributed by atoms with E-state index in [-0.39, 0.29) is 71.5 Å². The van der Waals surface area contributed by atoms with Gasteiger partial charge in [0.1, 0.15) is 0 Å². The Hall–Kier alpha value is 0.610. The predicted molar refractivity (Wildman–Crippen MR) is 168 cm³/mol. The highest BCUT2D eigenvalue weighted by molar-refractivity contribution is 7.59. The van der Waals surface area contributed by atoms with Crippen LogP contribution >= 0.6 is 54.0 Å². The molecule has 2 nitrogen and oxygen atoms in total. The smallest absolute Gasteiger partial charge is 0.312 e. The number of allylic oxidation sites excluding steroid dienone is 2. The summed E-state index contributed by atoms with van der Waals surface area (Å²) in [5.74, 6) is 0.0547.